The minimum Gasteiger partial charge on any atom is -0.481 e. The van der Waals surface area contributed by atoms with E-state index in [-0.39, 0.29) is 5.92 Å². The van der Waals surface area contributed by atoms with Gasteiger partial charge < -0.3 is 5.11 Å². The molecule has 28 heavy (non-hydrogen) atoms. The molecule has 1 unspecified atom stereocenters. The van der Waals surface area contributed by atoms with Crippen LogP contribution in [-0.4, -0.2) is 11.1 Å². The summed E-state index contributed by atoms with van der Waals surface area (Å²) in [7, 11) is 0. The topological polar surface area (TPSA) is 37.3 Å². The first-order chi connectivity index (χ1) is 13.7. The average Bonchev–Trinajstić information content (AvgIpc) is 2.68. The lowest BCUT2D eigenvalue weighted by atomic mass is 10.0. The Bertz CT molecular complexity index is 348. The Balaban J connectivity index is 3.12. The van der Waals surface area contributed by atoms with E-state index in [1.807, 2.05) is 6.92 Å². The zero-order valence-electron chi connectivity index (χ0n) is 19.2. The summed E-state index contributed by atoms with van der Waals surface area (Å²) in [5.74, 6) is -0.819. The lowest BCUT2D eigenvalue weighted by Gasteiger charge is -2.05. The molecule has 0 aromatic heterocycles. The summed E-state index contributed by atoms with van der Waals surface area (Å²) in [6.45, 7) is 4.09. The number of unbranched alkanes of at least 4 members (excludes halogenated alkanes) is 17. The maximum atomic E-state index is 10.7. The van der Waals surface area contributed by atoms with Crippen LogP contribution in [0.2, 0.25) is 0 Å². The van der Waals surface area contributed by atoms with E-state index in [1.165, 1.54) is 116 Å². The maximum absolute atomic E-state index is 10.7. The summed E-state index contributed by atoms with van der Waals surface area (Å²) in [6.07, 6.45) is 31.1. The monoisotopic (exact) mass is 394 g/mol. The normalized spacial score (nSPS) is 12.6. The van der Waals surface area contributed by atoms with Crippen molar-refractivity contribution in [2.45, 2.75) is 142 Å². The predicted octanol–water partition coefficient (Wildman–Crippen LogP) is 9.09. The third-order valence-electron chi connectivity index (χ3n) is 5.82. The van der Waals surface area contributed by atoms with Crippen molar-refractivity contribution in [3.63, 3.8) is 0 Å². The molecular formula is C26H50O2. The fraction of sp³-hybridized carbons (Fsp3) is 0.885. The van der Waals surface area contributed by atoms with E-state index in [0.717, 1.165) is 12.8 Å². The molecule has 0 radical (unpaired) electrons. The third-order valence-corrected chi connectivity index (χ3v) is 5.82. The summed E-state index contributed by atoms with van der Waals surface area (Å²) in [5, 5.41) is 8.84. The van der Waals surface area contributed by atoms with Crippen molar-refractivity contribution in [1.29, 1.82) is 0 Å². The Labute approximate surface area is 176 Å². The molecule has 166 valence electrons. The molecule has 0 aliphatic rings. The maximum Gasteiger partial charge on any atom is 0.306 e. The number of hydrogen-bond donors (Lipinski definition) is 1. The Morgan fingerprint density at radius 3 is 1.39 bits per heavy atom. The van der Waals surface area contributed by atoms with Crippen LogP contribution in [-0.2, 0) is 4.79 Å². The van der Waals surface area contributed by atoms with Gasteiger partial charge in [0.05, 0.1) is 5.92 Å². The van der Waals surface area contributed by atoms with Crippen molar-refractivity contribution in [2.24, 2.45) is 5.92 Å². The van der Waals surface area contributed by atoms with Crippen LogP contribution >= 0.6 is 0 Å². The molecule has 0 heterocycles. The molecule has 2 heteroatoms. The minimum absolute atomic E-state index is 0.171. The number of carbonyl (C=O) groups is 1. The number of carboxylic acids is 1. The second-order valence-electron chi connectivity index (χ2n) is 8.73. The molecule has 0 rings (SSSR count). The van der Waals surface area contributed by atoms with Gasteiger partial charge >= 0.3 is 5.97 Å². The molecular weight excluding hydrogens is 344 g/mol. The Hall–Kier alpha value is -0.790. The first-order valence-corrected chi connectivity index (χ1v) is 12.6. The van der Waals surface area contributed by atoms with E-state index in [1.54, 1.807) is 0 Å². The summed E-state index contributed by atoms with van der Waals surface area (Å²) in [4.78, 5) is 10.7. The Morgan fingerprint density at radius 1 is 0.643 bits per heavy atom. The van der Waals surface area contributed by atoms with E-state index in [2.05, 4.69) is 19.1 Å². The molecule has 1 atom stereocenters. The van der Waals surface area contributed by atoms with Crippen molar-refractivity contribution < 1.29 is 9.90 Å². The van der Waals surface area contributed by atoms with E-state index in [4.69, 9.17) is 5.11 Å². The zero-order valence-corrected chi connectivity index (χ0v) is 19.2. The molecule has 0 aromatic carbocycles. The van der Waals surface area contributed by atoms with Gasteiger partial charge in [-0.05, 0) is 32.1 Å². The van der Waals surface area contributed by atoms with Crippen molar-refractivity contribution in [2.75, 3.05) is 0 Å². The number of rotatable bonds is 22. The zero-order chi connectivity index (χ0) is 20.7. The largest absolute Gasteiger partial charge is 0.481 e. The molecule has 0 aliphatic heterocycles. The SMILES string of the molecule is CCCCCCCC/C=C\CCCCCCCCCCCCCC(C)C(=O)O. The number of hydrogen-bond acceptors (Lipinski definition) is 1. The van der Waals surface area contributed by atoms with E-state index in [0.29, 0.717) is 0 Å². The van der Waals surface area contributed by atoms with Crippen LogP contribution in [0.5, 0.6) is 0 Å². The first kappa shape index (κ1) is 27.2. The van der Waals surface area contributed by atoms with Gasteiger partial charge in [0.25, 0.3) is 0 Å². The second-order valence-corrected chi connectivity index (χ2v) is 8.73. The molecule has 0 aromatic rings. The third kappa shape index (κ3) is 21.5. The fourth-order valence-electron chi connectivity index (χ4n) is 3.71. The van der Waals surface area contributed by atoms with Crippen molar-refractivity contribution in [3.05, 3.63) is 12.2 Å². The summed E-state index contributed by atoms with van der Waals surface area (Å²) in [5.41, 5.74) is 0. The molecule has 2 nitrogen and oxygen atoms in total. The van der Waals surface area contributed by atoms with Crippen LogP contribution in [0.4, 0.5) is 0 Å². The second kappa shape index (κ2) is 22.5. The molecule has 1 N–H and O–H groups in total. The highest BCUT2D eigenvalue weighted by Gasteiger charge is 2.09. The van der Waals surface area contributed by atoms with Gasteiger partial charge in [-0.2, -0.15) is 0 Å². The van der Waals surface area contributed by atoms with Crippen LogP contribution in [0.1, 0.15) is 142 Å². The van der Waals surface area contributed by atoms with Gasteiger partial charge in [-0.1, -0.05) is 122 Å². The van der Waals surface area contributed by atoms with Crippen molar-refractivity contribution in [1.82, 2.24) is 0 Å². The van der Waals surface area contributed by atoms with Gasteiger partial charge in [-0.15, -0.1) is 0 Å². The molecule has 0 saturated carbocycles. The van der Waals surface area contributed by atoms with Gasteiger partial charge in [0, 0.05) is 0 Å². The number of carboxylic acid groups (broad SMARTS) is 1. The van der Waals surface area contributed by atoms with Crippen LogP contribution in [0.3, 0.4) is 0 Å². The summed E-state index contributed by atoms with van der Waals surface area (Å²) >= 11 is 0. The summed E-state index contributed by atoms with van der Waals surface area (Å²) < 4.78 is 0. The smallest absolute Gasteiger partial charge is 0.306 e. The minimum atomic E-state index is -0.649. The van der Waals surface area contributed by atoms with Crippen molar-refractivity contribution in [3.8, 4) is 0 Å². The predicted molar refractivity (Wildman–Crippen MR) is 124 cm³/mol. The lowest BCUT2D eigenvalue weighted by molar-refractivity contribution is -0.141. The molecule has 0 spiro atoms. The van der Waals surface area contributed by atoms with Crippen LogP contribution < -0.4 is 0 Å². The highest BCUT2D eigenvalue weighted by atomic mass is 16.4. The molecule has 0 saturated heterocycles. The molecule has 0 amide bonds. The fourth-order valence-corrected chi connectivity index (χ4v) is 3.71. The van der Waals surface area contributed by atoms with Crippen LogP contribution in [0.15, 0.2) is 12.2 Å². The van der Waals surface area contributed by atoms with Gasteiger partial charge in [-0.25, -0.2) is 0 Å². The van der Waals surface area contributed by atoms with Crippen LogP contribution in [0, 0.1) is 5.92 Å². The Kier molecular flexibility index (Phi) is 21.9. The van der Waals surface area contributed by atoms with E-state index in [9.17, 15) is 4.79 Å². The lowest BCUT2D eigenvalue weighted by Crippen LogP contribution is -2.08. The molecule has 0 fully saturated rings. The highest BCUT2D eigenvalue weighted by Crippen LogP contribution is 2.14. The van der Waals surface area contributed by atoms with Gasteiger partial charge in [-0.3, -0.25) is 4.79 Å². The quantitative estimate of drug-likeness (QED) is 0.147. The van der Waals surface area contributed by atoms with E-state index < -0.39 is 5.97 Å². The van der Waals surface area contributed by atoms with E-state index >= 15 is 0 Å². The first-order valence-electron chi connectivity index (χ1n) is 12.6. The Morgan fingerprint density at radius 2 is 1.00 bits per heavy atom. The van der Waals surface area contributed by atoms with Gasteiger partial charge in [0.2, 0.25) is 0 Å². The van der Waals surface area contributed by atoms with Gasteiger partial charge in [0.1, 0.15) is 0 Å². The number of aliphatic carboxylic acids is 1. The highest BCUT2D eigenvalue weighted by molar-refractivity contribution is 5.69. The number of allylic oxidation sites excluding steroid dienone is 2. The molecule has 0 bridgehead atoms. The average molecular weight is 395 g/mol. The van der Waals surface area contributed by atoms with Crippen LogP contribution in [0.25, 0.3) is 0 Å². The summed E-state index contributed by atoms with van der Waals surface area (Å²) in [6, 6.07) is 0. The van der Waals surface area contributed by atoms with Crippen molar-refractivity contribution >= 4 is 5.97 Å². The molecule has 0 aliphatic carbocycles. The van der Waals surface area contributed by atoms with Gasteiger partial charge in [0.15, 0.2) is 0 Å². The standard InChI is InChI=1S/C26H50O2/c1-3-4-5-6-7-8-9-10-11-12-13-14-15-16-17-18-19-20-21-22-23-24-25(2)26(27)28/h10-11,25H,3-9,12-24H2,1-2H3,(H,27,28)/b11-10-.